The van der Waals surface area contributed by atoms with E-state index in [2.05, 4.69) is 16.3 Å². The molecule has 0 unspecified atom stereocenters. The fraction of sp³-hybridized carbons (Fsp3) is 0.600. The molecule has 1 saturated heterocycles. The lowest BCUT2D eigenvalue weighted by Crippen LogP contribution is -2.55. The van der Waals surface area contributed by atoms with Gasteiger partial charge in [-0.1, -0.05) is 0 Å². The maximum Gasteiger partial charge on any atom is 0.339 e. The second kappa shape index (κ2) is 12.9. The minimum absolute atomic E-state index is 0.0513. The van der Waals surface area contributed by atoms with E-state index in [0.717, 1.165) is 43.5 Å². The van der Waals surface area contributed by atoms with Crippen molar-refractivity contribution in [1.29, 1.82) is 0 Å². The maximum atomic E-state index is 14.2. The van der Waals surface area contributed by atoms with Gasteiger partial charge in [-0.2, -0.15) is 0 Å². The Kier molecular flexibility index (Phi) is 9.11. The first kappa shape index (κ1) is 32.4. The molecule has 11 nitrogen and oxygen atoms in total. The molecule has 2 aromatic rings. The summed E-state index contributed by atoms with van der Waals surface area (Å²) < 4.78 is 29.3. The summed E-state index contributed by atoms with van der Waals surface area (Å²) in [5, 5.41) is 25.0. The van der Waals surface area contributed by atoms with Crippen LogP contribution in [0.5, 0.6) is 11.5 Å². The largest absolute Gasteiger partial charge is 0.497 e. The molecule has 0 bridgehead atoms. The number of methoxy groups -OCH3 is 1. The number of carbonyl (C=O) groups excluding carboxylic acids is 2. The van der Waals surface area contributed by atoms with Crippen molar-refractivity contribution >= 4 is 11.9 Å². The van der Waals surface area contributed by atoms with Crippen LogP contribution in [0.25, 0.3) is 0 Å². The van der Waals surface area contributed by atoms with Gasteiger partial charge in [0.15, 0.2) is 23.2 Å². The van der Waals surface area contributed by atoms with Crippen LogP contribution in [-0.4, -0.2) is 77.3 Å². The first-order valence-electron chi connectivity index (χ1n) is 16.3. The van der Waals surface area contributed by atoms with Crippen molar-refractivity contribution in [2.24, 2.45) is 5.92 Å². The van der Waals surface area contributed by atoms with E-state index >= 15 is 0 Å². The molecule has 0 saturated carbocycles. The number of nitrogens with zero attached hydrogens (tertiary/aromatic N) is 1. The summed E-state index contributed by atoms with van der Waals surface area (Å²) in [7, 11) is 1.57. The van der Waals surface area contributed by atoms with Crippen molar-refractivity contribution in [3.63, 3.8) is 0 Å². The van der Waals surface area contributed by atoms with Gasteiger partial charge in [-0.15, -0.1) is 0 Å². The fourth-order valence-electron chi connectivity index (χ4n) is 7.57. The number of benzene rings is 1. The molecule has 0 spiro atoms. The number of aryl methyl sites for hydroxylation is 1. The number of esters is 1. The van der Waals surface area contributed by atoms with Crippen LogP contribution in [-0.2, 0) is 32.0 Å². The SMILES string of the molecule is COC1=C[C@H]2CCCN3CCc4cc5c(cc4[C@@H]([C@@H]23)[C@@H]1OC(=O)[C@@](O)(CCCC(C)(C)O)CC(=O)NCc1ccc(C)o1)OCO5. The Morgan fingerprint density at radius 1 is 1.11 bits per heavy atom. The zero-order valence-electron chi connectivity index (χ0n) is 27.2. The molecule has 6 rings (SSSR count). The van der Waals surface area contributed by atoms with Gasteiger partial charge in [0.05, 0.1) is 25.7 Å². The molecule has 46 heavy (non-hydrogen) atoms. The van der Waals surface area contributed by atoms with Gasteiger partial charge in [-0.3, -0.25) is 9.69 Å². The highest BCUT2D eigenvalue weighted by molar-refractivity contribution is 5.88. The van der Waals surface area contributed by atoms with E-state index in [9.17, 15) is 19.8 Å². The Morgan fingerprint density at radius 3 is 2.61 bits per heavy atom. The predicted octanol–water partition coefficient (Wildman–Crippen LogP) is 3.87. The number of ether oxygens (including phenoxy) is 4. The number of aliphatic hydroxyl groups is 2. The molecule has 250 valence electrons. The number of nitrogens with one attached hydrogen (secondary N) is 1. The zero-order chi connectivity index (χ0) is 32.6. The molecule has 1 aromatic carbocycles. The molecule has 0 radical (unpaired) electrons. The number of hydrogen-bond donors (Lipinski definition) is 3. The van der Waals surface area contributed by atoms with Crippen molar-refractivity contribution in [2.75, 3.05) is 27.0 Å². The lowest BCUT2D eigenvalue weighted by atomic mass is 9.71. The highest BCUT2D eigenvalue weighted by atomic mass is 16.7. The standard InChI is InChI=1S/C35H46N2O9/c1-21-8-9-24(45-21)19-36-29(38)18-35(41,12-6-11-34(2,3)40)33(39)46-32-28(42-4)16-23-7-5-13-37-14-10-22-15-26-27(44-20-43-26)17-25(22)30(32)31(23)37/h8-9,15-17,23,30-32,40-41H,5-7,10-14,18-20H2,1-4H3,(H,36,38)/t23-,30+,31-,32-,35-/m1/s1. The molecular formula is C35H46N2O9. The Balaban J connectivity index is 1.30. The second-order valence-electron chi connectivity index (χ2n) is 13.8. The van der Waals surface area contributed by atoms with Gasteiger partial charge in [-0.25, -0.2) is 4.79 Å². The third kappa shape index (κ3) is 6.77. The summed E-state index contributed by atoms with van der Waals surface area (Å²) in [5.41, 5.74) is -1.02. The first-order valence-corrected chi connectivity index (χ1v) is 16.3. The molecule has 11 heteroatoms. The van der Waals surface area contributed by atoms with Crippen molar-refractivity contribution in [1.82, 2.24) is 10.2 Å². The minimum atomic E-state index is -2.14. The van der Waals surface area contributed by atoms with Gasteiger partial charge >= 0.3 is 5.97 Å². The summed E-state index contributed by atoms with van der Waals surface area (Å²) >= 11 is 0. The van der Waals surface area contributed by atoms with E-state index in [1.807, 2.05) is 19.1 Å². The molecule has 1 amide bonds. The fourth-order valence-corrected chi connectivity index (χ4v) is 7.57. The van der Waals surface area contributed by atoms with Crippen molar-refractivity contribution in [3.05, 3.63) is 58.7 Å². The van der Waals surface area contributed by atoms with Gasteiger partial charge in [-0.05, 0) is 113 Å². The van der Waals surface area contributed by atoms with Crippen LogP contribution in [0.3, 0.4) is 0 Å². The lowest BCUT2D eigenvalue weighted by Gasteiger charge is -2.48. The van der Waals surface area contributed by atoms with E-state index in [4.69, 9.17) is 23.4 Å². The van der Waals surface area contributed by atoms with E-state index in [-0.39, 0.29) is 37.6 Å². The summed E-state index contributed by atoms with van der Waals surface area (Å²) in [6, 6.07) is 7.66. The number of amides is 1. The topological polar surface area (TPSA) is 140 Å². The van der Waals surface area contributed by atoms with Crippen molar-refractivity contribution < 1.29 is 43.2 Å². The normalized spacial score (nSPS) is 25.0. The van der Waals surface area contributed by atoms with Crippen LogP contribution in [0.2, 0.25) is 0 Å². The highest BCUT2D eigenvalue weighted by Gasteiger charge is 2.51. The Hall–Kier alpha value is -3.54. The number of hydrogen-bond acceptors (Lipinski definition) is 10. The first-order chi connectivity index (χ1) is 21.9. The van der Waals surface area contributed by atoms with Gasteiger partial charge in [0.1, 0.15) is 17.3 Å². The van der Waals surface area contributed by atoms with Crippen LogP contribution in [0, 0.1) is 12.8 Å². The van der Waals surface area contributed by atoms with Crippen molar-refractivity contribution in [2.45, 2.75) is 102 Å². The maximum absolute atomic E-state index is 14.2. The van der Waals surface area contributed by atoms with Gasteiger partial charge in [0, 0.05) is 18.5 Å². The average molecular weight is 639 g/mol. The molecule has 3 aliphatic heterocycles. The van der Waals surface area contributed by atoms with Crippen LogP contribution in [0.4, 0.5) is 0 Å². The van der Waals surface area contributed by atoms with E-state index < -0.39 is 35.6 Å². The third-order valence-corrected chi connectivity index (χ3v) is 9.80. The lowest BCUT2D eigenvalue weighted by molar-refractivity contribution is -0.177. The van der Waals surface area contributed by atoms with E-state index in [1.54, 1.807) is 33.1 Å². The quantitative estimate of drug-likeness (QED) is 0.311. The van der Waals surface area contributed by atoms with E-state index in [0.29, 0.717) is 41.6 Å². The molecular weight excluding hydrogens is 592 g/mol. The van der Waals surface area contributed by atoms with Crippen LogP contribution in [0.1, 0.15) is 80.9 Å². The number of piperidine rings is 1. The molecule has 1 aromatic heterocycles. The molecule has 1 fully saturated rings. The Bertz CT molecular complexity index is 1480. The second-order valence-corrected chi connectivity index (χ2v) is 13.8. The van der Waals surface area contributed by atoms with E-state index in [1.165, 1.54) is 0 Å². The minimum Gasteiger partial charge on any atom is -0.497 e. The van der Waals surface area contributed by atoms with Crippen LogP contribution < -0.4 is 14.8 Å². The molecule has 4 heterocycles. The summed E-state index contributed by atoms with van der Waals surface area (Å²) in [6.07, 6.45) is 4.13. The summed E-state index contributed by atoms with van der Waals surface area (Å²) in [5.74, 6) is 1.66. The number of rotatable bonds is 11. The van der Waals surface area contributed by atoms with Crippen molar-refractivity contribution in [3.8, 4) is 11.5 Å². The molecule has 4 aliphatic rings. The van der Waals surface area contributed by atoms with Gasteiger partial charge in [0.25, 0.3) is 0 Å². The monoisotopic (exact) mass is 638 g/mol. The van der Waals surface area contributed by atoms with Gasteiger partial charge < -0.3 is 38.9 Å². The van der Waals surface area contributed by atoms with Crippen LogP contribution >= 0.6 is 0 Å². The predicted molar refractivity (Wildman–Crippen MR) is 167 cm³/mol. The third-order valence-electron chi connectivity index (χ3n) is 9.80. The molecule has 5 atom stereocenters. The zero-order valence-corrected chi connectivity index (χ0v) is 27.2. The summed E-state index contributed by atoms with van der Waals surface area (Å²) in [6.45, 7) is 7.22. The number of fused-ring (bicyclic) bond motifs is 3. The van der Waals surface area contributed by atoms with Gasteiger partial charge in [0.2, 0.25) is 12.7 Å². The Labute approximate surface area is 269 Å². The number of furan rings is 1. The summed E-state index contributed by atoms with van der Waals surface area (Å²) in [4.78, 5) is 29.8. The number of carbonyl (C=O) groups is 2. The highest BCUT2D eigenvalue weighted by Crippen LogP contribution is 2.49. The average Bonchev–Trinajstić information content (AvgIpc) is 3.61. The van der Waals surface area contributed by atoms with Crippen LogP contribution in [0.15, 0.2) is 40.5 Å². The molecule has 3 N–H and O–H groups in total. The Morgan fingerprint density at radius 2 is 1.89 bits per heavy atom. The smallest absolute Gasteiger partial charge is 0.339 e. The molecule has 1 aliphatic carbocycles.